The molecule has 204 valence electrons. The second-order valence-corrected chi connectivity index (χ2v) is 12.1. The van der Waals surface area contributed by atoms with Crippen LogP contribution in [0.2, 0.25) is 0 Å². The summed E-state index contributed by atoms with van der Waals surface area (Å²) >= 11 is 3.40. The molecule has 0 spiro atoms. The van der Waals surface area contributed by atoms with Crippen molar-refractivity contribution in [3.8, 4) is 21.1 Å². The highest BCUT2D eigenvalue weighted by atomic mass is 32.1. The second-order valence-electron chi connectivity index (χ2n) is 10.1. The third-order valence-electron chi connectivity index (χ3n) is 7.06. The molecule has 2 aromatic heterocycles. The highest BCUT2D eigenvalue weighted by Crippen LogP contribution is 2.37. The maximum Gasteiger partial charge on any atom is 0.155 e. The van der Waals surface area contributed by atoms with Gasteiger partial charge in [-0.2, -0.15) is 0 Å². The molecule has 6 heteroatoms. The molecule has 4 aromatic rings. The molecule has 2 heterocycles. The number of unbranched alkanes of at least 4 members (excludes halogenated alkanes) is 4. The van der Waals surface area contributed by atoms with Crippen LogP contribution in [0.1, 0.15) is 79.1 Å². The average molecular weight is 549 g/mol. The van der Waals surface area contributed by atoms with E-state index in [4.69, 9.17) is 9.97 Å². The van der Waals surface area contributed by atoms with Gasteiger partial charge in [-0.3, -0.25) is 0 Å². The summed E-state index contributed by atoms with van der Waals surface area (Å²) in [6, 6.07) is 18.0. The topological polar surface area (TPSA) is 32.3 Å². The van der Waals surface area contributed by atoms with Gasteiger partial charge in [0.1, 0.15) is 10.0 Å². The molecule has 0 amide bonds. The smallest absolute Gasteiger partial charge is 0.155 e. The number of anilines is 2. The Hall–Kier alpha value is -2.44. The Morgan fingerprint density at radius 1 is 0.500 bits per heavy atom. The molecule has 4 rings (SSSR count). The van der Waals surface area contributed by atoms with E-state index < -0.39 is 0 Å². The van der Waals surface area contributed by atoms with Crippen LogP contribution >= 0.6 is 22.7 Å². The number of thiazole rings is 2. The van der Waals surface area contributed by atoms with Gasteiger partial charge >= 0.3 is 0 Å². The zero-order valence-electron chi connectivity index (χ0n) is 23.7. The predicted octanol–water partition coefficient (Wildman–Crippen LogP) is 9.90. The highest BCUT2D eigenvalue weighted by molar-refractivity contribution is 7.29. The Bertz CT molecular complexity index is 1090. The van der Waals surface area contributed by atoms with E-state index in [0.717, 1.165) is 45.9 Å². The van der Waals surface area contributed by atoms with Crippen molar-refractivity contribution in [2.45, 2.75) is 79.1 Å². The van der Waals surface area contributed by atoms with Gasteiger partial charge in [0.15, 0.2) is 9.66 Å². The maximum atomic E-state index is 4.97. The Kier molecular flexibility index (Phi) is 11.0. The van der Waals surface area contributed by atoms with Gasteiger partial charge in [-0.05, 0) is 74.2 Å². The molecule has 0 aliphatic rings. The van der Waals surface area contributed by atoms with E-state index in [1.54, 1.807) is 22.7 Å². The lowest BCUT2D eigenvalue weighted by Crippen LogP contribution is -2.25. The van der Waals surface area contributed by atoms with Crippen LogP contribution < -0.4 is 9.80 Å². The van der Waals surface area contributed by atoms with Crippen molar-refractivity contribution < 1.29 is 0 Å². The molecule has 4 nitrogen and oxygen atoms in total. The maximum absolute atomic E-state index is 4.97. The summed E-state index contributed by atoms with van der Waals surface area (Å²) in [6.07, 6.45) is 9.86. The molecule has 0 bridgehead atoms. The summed E-state index contributed by atoms with van der Waals surface area (Å²) in [5.74, 6) is 0. The molecule has 38 heavy (non-hydrogen) atoms. The summed E-state index contributed by atoms with van der Waals surface area (Å²) in [4.78, 5) is 17.1. The molecule has 0 radical (unpaired) electrons. The lowest BCUT2D eigenvalue weighted by Gasteiger charge is -2.24. The minimum Gasteiger partial charge on any atom is -0.372 e. The fraction of sp³-hybridized carbons (Fsp3) is 0.500. The molecule has 0 atom stereocenters. The SMILES string of the molecule is CCCCN(CCCC)c1ccc(-c2nc3sc(-c4ccc(N(CCCC)CCCC)cc4)nc3s2)cc1. The fourth-order valence-corrected chi connectivity index (χ4v) is 6.71. The van der Waals surface area contributed by atoms with Crippen molar-refractivity contribution in [3.63, 3.8) is 0 Å². The lowest BCUT2D eigenvalue weighted by atomic mass is 10.1. The number of aromatic nitrogens is 2. The van der Waals surface area contributed by atoms with Gasteiger partial charge in [0.25, 0.3) is 0 Å². The summed E-state index contributed by atoms with van der Waals surface area (Å²) in [7, 11) is 0. The third-order valence-corrected chi connectivity index (χ3v) is 9.19. The van der Waals surface area contributed by atoms with Crippen LogP contribution in [0.4, 0.5) is 11.4 Å². The summed E-state index contributed by atoms with van der Waals surface area (Å²) in [5, 5.41) is 2.12. The standard InChI is InChI=1S/C32H44N4S2/c1-5-9-21-35(22-10-6-2)27-17-13-25(14-18-27)29-33-31-32(37-29)34-30(38-31)26-15-19-28(20-16-26)36(23-11-7-3)24-12-8-4/h13-20H,5-12,21-24H2,1-4H3. The van der Waals surface area contributed by atoms with E-state index >= 15 is 0 Å². The summed E-state index contributed by atoms with van der Waals surface area (Å²) in [5.41, 5.74) is 5.00. The van der Waals surface area contributed by atoms with Crippen LogP contribution in [-0.2, 0) is 0 Å². The first kappa shape index (κ1) is 28.6. The number of nitrogens with zero attached hydrogens (tertiary/aromatic N) is 4. The van der Waals surface area contributed by atoms with E-state index in [1.807, 2.05) is 0 Å². The third kappa shape index (κ3) is 7.35. The van der Waals surface area contributed by atoms with E-state index in [2.05, 4.69) is 86.0 Å². The molecule has 0 saturated carbocycles. The largest absolute Gasteiger partial charge is 0.372 e. The monoisotopic (exact) mass is 548 g/mol. The number of fused-ring (bicyclic) bond motifs is 1. The first-order valence-corrected chi connectivity index (χ1v) is 16.3. The number of hydrogen-bond acceptors (Lipinski definition) is 6. The molecule has 0 N–H and O–H groups in total. The van der Waals surface area contributed by atoms with Crippen molar-refractivity contribution in [2.24, 2.45) is 0 Å². The van der Waals surface area contributed by atoms with Gasteiger partial charge in [-0.15, -0.1) is 0 Å². The average Bonchev–Trinajstić information content (AvgIpc) is 3.54. The highest BCUT2D eigenvalue weighted by Gasteiger charge is 2.14. The Morgan fingerprint density at radius 2 is 0.816 bits per heavy atom. The lowest BCUT2D eigenvalue weighted by molar-refractivity contribution is 0.678. The predicted molar refractivity (Wildman–Crippen MR) is 170 cm³/mol. The van der Waals surface area contributed by atoms with Crippen LogP contribution in [-0.4, -0.2) is 36.1 Å². The zero-order valence-corrected chi connectivity index (χ0v) is 25.3. The van der Waals surface area contributed by atoms with Crippen molar-refractivity contribution in [1.29, 1.82) is 0 Å². The Morgan fingerprint density at radius 3 is 1.11 bits per heavy atom. The molecule has 0 aliphatic heterocycles. The van der Waals surface area contributed by atoms with Crippen LogP contribution in [0.25, 0.3) is 30.8 Å². The molecule has 0 aliphatic carbocycles. The minimum atomic E-state index is 1.04. The quantitative estimate of drug-likeness (QED) is 0.139. The van der Waals surface area contributed by atoms with E-state index in [1.165, 1.54) is 73.9 Å². The number of hydrogen-bond donors (Lipinski definition) is 0. The van der Waals surface area contributed by atoms with Crippen molar-refractivity contribution >= 4 is 43.7 Å². The van der Waals surface area contributed by atoms with Gasteiger partial charge in [-0.1, -0.05) is 76.1 Å². The van der Waals surface area contributed by atoms with Crippen LogP contribution in [0, 0.1) is 0 Å². The fourth-order valence-electron chi connectivity index (χ4n) is 4.65. The van der Waals surface area contributed by atoms with Gasteiger partial charge in [0.05, 0.1) is 0 Å². The summed E-state index contributed by atoms with van der Waals surface area (Å²) < 4.78 is 0. The molecular weight excluding hydrogens is 505 g/mol. The Labute approximate surface area is 237 Å². The second kappa shape index (κ2) is 14.6. The number of benzene rings is 2. The van der Waals surface area contributed by atoms with Crippen LogP contribution in [0.3, 0.4) is 0 Å². The first-order valence-electron chi connectivity index (χ1n) is 14.6. The first-order chi connectivity index (χ1) is 18.7. The molecule has 2 aromatic carbocycles. The van der Waals surface area contributed by atoms with Gasteiger partial charge in [0.2, 0.25) is 0 Å². The van der Waals surface area contributed by atoms with Gasteiger partial charge < -0.3 is 9.80 Å². The van der Waals surface area contributed by atoms with E-state index in [-0.39, 0.29) is 0 Å². The van der Waals surface area contributed by atoms with Crippen LogP contribution in [0.15, 0.2) is 48.5 Å². The molecule has 0 unspecified atom stereocenters. The molecule has 0 fully saturated rings. The summed E-state index contributed by atoms with van der Waals surface area (Å²) in [6.45, 7) is 13.6. The minimum absolute atomic E-state index is 1.04. The van der Waals surface area contributed by atoms with Gasteiger partial charge in [-0.25, -0.2) is 9.97 Å². The zero-order chi connectivity index (χ0) is 26.7. The number of rotatable bonds is 16. The molecule has 0 saturated heterocycles. The van der Waals surface area contributed by atoms with Crippen molar-refractivity contribution in [1.82, 2.24) is 9.97 Å². The Balaban J connectivity index is 1.46. The van der Waals surface area contributed by atoms with Gasteiger partial charge in [0, 0.05) is 48.7 Å². The molecular formula is C32H44N4S2. The van der Waals surface area contributed by atoms with E-state index in [0.29, 0.717) is 0 Å². The normalized spacial score (nSPS) is 11.4. The van der Waals surface area contributed by atoms with Crippen LogP contribution in [0.5, 0.6) is 0 Å². The van der Waals surface area contributed by atoms with Crippen molar-refractivity contribution in [3.05, 3.63) is 48.5 Å². The van der Waals surface area contributed by atoms with Crippen molar-refractivity contribution in [2.75, 3.05) is 36.0 Å². The van der Waals surface area contributed by atoms with E-state index in [9.17, 15) is 0 Å².